The Kier molecular flexibility index (Phi) is 11.4. The average Bonchev–Trinajstić information content (AvgIpc) is 3.27. The van der Waals surface area contributed by atoms with Gasteiger partial charge in [0.2, 0.25) is 23.6 Å². The third-order valence-electron chi connectivity index (χ3n) is 6.19. The molecular formula is C26H38N6O7. The number of carboxylic acids is 1. The third kappa shape index (κ3) is 9.37. The quantitative estimate of drug-likeness (QED) is 0.142. The first kappa shape index (κ1) is 31.2. The minimum atomic E-state index is -1.32. The van der Waals surface area contributed by atoms with Crippen molar-refractivity contribution in [2.45, 2.75) is 76.7 Å². The summed E-state index contributed by atoms with van der Waals surface area (Å²) in [7, 11) is 0. The second-order valence-corrected chi connectivity index (χ2v) is 9.99. The zero-order valence-electron chi connectivity index (χ0n) is 22.3. The number of para-hydroxylation sites is 1. The van der Waals surface area contributed by atoms with Crippen LogP contribution < -0.4 is 27.4 Å². The standard InChI is InChI=1S/C26H38N6O7/c1-13(2)10-20(26(38)39)32-23(35)18(8-9-21(27)34)30-24(36)19(31-25(37)22(28)14(3)33)11-15-12-29-17-7-5-4-6-16(15)17/h4-7,12-14,18-20,22,29,33H,8-11,28H2,1-3H3,(H2,27,34)(H,30,36)(H,31,37)(H,32,35)(H,38,39). The van der Waals surface area contributed by atoms with Gasteiger partial charge >= 0.3 is 5.97 Å². The van der Waals surface area contributed by atoms with Crippen LogP contribution in [0.15, 0.2) is 30.5 Å². The highest BCUT2D eigenvalue weighted by molar-refractivity contribution is 5.95. The molecule has 214 valence electrons. The molecule has 0 fully saturated rings. The molecule has 0 saturated carbocycles. The summed E-state index contributed by atoms with van der Waals surface area (Å²) in [6, 6.07) is 2.27. The third-order valence-corrected chi connectivity index (χ3v) is 6.19. The van der Waals surface area contributed by atoms with Crippen molar-refractivity contribution in [2.75, 3.05) is 0 Å². The monoisotopic (exact) mass is 546 g/mol. The van der Waals surface area contributed by atoms with Gasteiger partial charge < -0.3 is 42.6 Å². The Morgan fingerprint density at radius 1 is 0.923 bits per heavy atom. The summed E-state index contributed by atoms with van der Waals surface area (Å²) in [6.45, 7) is 4.92. The summed E-state index contributed by atoms with van der Waals surface area (Å²) >= 11 is 0. The topological polar surface area (TPSA) is 230 Å². The molecule has 0 saturated heterocycles. The maximum atomic E-state index is 13.4. The molecule has 10 N–H and O–H groups in total. The van der Waals surface area contributed by atoms with Crippen LogP contribution >= 0.6 is 0 Å². The molecule has 0 aliphatic heterocycles. The van der Waals surface area contributed by atoms with E-state index in [1.165, 1.54) is 6.92 Å². The number of primary amides is 1. The molecule has 1 heterocycles. The Bertz CT molecular complexity index is 1180. The fraction of sp³-hybridized carbons (Fsp3) is 0.500. The van der Waals surface area contributed by atoms with E-state index in [-0.39, 0.29) is 31.6 Å². The van der Waals surface area contributed by atoms with E-state index in [9.17, 15) is 34.2 Å². The fourth-order valence-electron chi connectivity index (χ4n) is 4.01. The van der Waals surface area contributed by atoms with Crippen LogP contribution in [0.1, 0.15) is 45.6 Å². The number of amides is 4. The second kappa shape index (κ2) is 14.3. The van der Waals surface area contributed by atoms with Crippen LogP contribution in [0.2, 0.25) is 0 Å². The van der Waals surface area contributed by atoms with Gasteiger partial charge in [-0.05, 0) is 37.3 Å². The Morgan fingerprint density at radius 2 is 1.51 bits per heavy atom. The van der Waals surface area contributed by atoms with Crippen molar-refractivity contribution < 1.29 is 34.2 Å². The van der Waals surface area contributed by atoms with E-state index in [2.05, 4.69) is 20.9 Å². The predicted molar refractivity (Wildman–Crippen MR) is 143 cm³/mol. The van der Waals surface area contributed by atoms with Crippen LogP contribution in [0.4, 0.5) is 0 Å². The van der Waals surface area contributed by atoms with Crippen LogP contribution in [0.25, 0.3) is 10.9 Å². The van der Waals surface area contributed by atoms with Gasteiger partial charge in [0, 0.05) is 29.9 Å². The molecule has 2 aromatic rings. The molecule has 2 rings (SSSR count). The van der Waals surface area contributed by atoms with Crippen LogP contribution in [0.5, 0.6) is 0 Å². The van der Waals surface area contributed by atoms with E-state index >= 15 is 0 Å². The molecule has 0 aliphatic carbocycles. The highest BCUT2D eigenvalue weighted by atomic mass is 16.4. The van der Waals surface area contributed by atoms with Gasteiger partial charge in [-0.2, -0.15) is 0 Å². The lowest BCUT2D eigenvalue weighted by molar-refractivity contribution is -0.143. The first-order chi connectivity index (χ1) is 18.3. The van der Waals surface area contributed by atoms with E-state index in [0.29, 0.717) is 5.56 Å². The summed E-state index contributed by atoms with van der Waals surface area (Å²) in [4.78, 5) is 65.3. The molecule has 0 aliphatic rings. The molecule has 0 spiro atoms. The number of benzene rings is 1. The molecule has 13 nitrogen and oxygen atoms in total. The summed E-state index contributed by atoms with van der Waals surface area (Å²) < 4.78 is 0. The van der Waals surface area contributed by atoms with Crippen molar-refractivity contribution in [2.24, 2.45) is 17.4 Å². The van der Waals surface area contributed by atoms with Gasteiger partial charge in [0.25, 0.3) is 0 Å². The van der Waals surface area contributed by atoms with E-state index in [1.807, 2.05) is 24.3 Å². The van der Waals surface area contributed by atoms with Gasteiger partial charge in [0.15, 0.2) is 0 Å². The van der Waals surface area contributed by atoms with Crippen molar-refractivity contribution in [3.05, 3.63) is 36.0 Å². The van der Waals surface area contributed by atoms with Crippen molar-refractivity contribution in [3.8, 4) is 0 Å². The molecule has 5 unspecified atom stereocenters. The number of nitrogens with one attached hydrogen (secondary N) is 4. The Balaban J connectivity index is 2.32. The number of aliphatic carboxylic acids is 1. The zero-order chi connectivity index (χ0) is 29.3. The number of aromatic amines is 1. The van der Waals surface area contributed by atoms with Gasteiger partial charge in [0.05, 0.1) is 6.10 Å². The van der Waals surface area contributed by atoms with Crippen molar-refractivity contribution in [1.82, 2.24) is 20.9 Å². The molecule has 13 heteroatoms. The first-order valence-electron chi connectivity index (χ1n) is 12.7. The molecule has 39 heavy (non-hydrogen) atoms. The Labute approximate surface area is 226 Å². The number of hydrogen-bond acceptors (Lipinski definition) is 7. The van der Waals surface area contributed by atoms with E-state index in [1.54, 1.807) is 20.0 Å². The van der Waals surface area contributed by atoms with Gasteiger partial charge in [-0.1, -0.05) is 32.0 Å². The minimum Gasteiger partial charge on any atom is -0.480 e. The van der Waals surface area contributed by atoms with Gasteiger partial charge in [0.1, 0.15) is 24.2 Å². The molecule has 5 atom stereocenters. The lowest BCUT2D eigenvalue weighted by atomic mass is 10.0. The van der Waals surface area contributed by atoms with E-state index in [0.717, 1.165) is 10.9 Å². The summed E-state index contributed by atoms with van der Waals surface area (Å²) in [5.74, 6) is -4.37. The fourth-order valence-corrected chi connectivity index (χ4v) is 4.01. The minimum absolute atomic E-state index is 0.00335. The summed E-state index contributed by atoms with van der Waals surface area (Å²) in [5, 5.41) is 27.5. The van der Waals surface area contributed by atoms with Gasteiger partial charge in [-0.25, -0.2) is 4.79 Å². The lowest BCUT2D eigenvalue weighted by Crippen LogP contribution is -2.58. The van der Waals surface area contributed by atoms with Crippen LogP contribution in [0, 0.1) is 5.92 Å². The van der Waals surface area contributed by atoms with Crippen molar-refractivity contribution in [3.63, 3.8) is 0 Å². The van der Waals surface area contributed by atoms with Crippen LogP contribution in [0.3, 0.4) is 0 Å². The lowest BCUT2D eigenvalue weighted by Gasteiger charge is -2.26. The van der Waals surface area contributed by atoms with Gasteiger partial charge in [-0.15, -0.1) is 0 Å². The average molecular weight is 547 g/mol. The second-order valence-electron chi connectivity index (χ2n) is 9.99. The number of carbonyl (C=O) groups is 5. The first-order valence-corrected chi connectivity index (χ1v) is 12.7. The SMILES string of the molecule is CC(C)CC(NC(=O)C(CCC(N)=O)NC(=O)C(Cc1c[nH]c2ccccc12)NC(=O)C(N)C(C)O)C(=O)O. The Morgan fingerprint density at radius 3 is 2.10 bits per heavy atom. The molecule has 0 radical (unpaired) electrons. The maximum absolute atomic E-state index is 13.4. The zero-order valence-corrected chi connectivity index (χ0v) is 22.3. The van der Waals surface area contributed by atoms with Crippen LogP contribution in [-0.2, 0) is 30.4 Å². The predicted octanol–water partition coefficient (Wildman–Crippen LogP) is -0.731. The van der Waals surface area contributed by atoms with Crippen LogP contribution in [-0.4, -0.2) is 75.1 Å². The smallest absolute Gasteiger partial charge is 0.326 e. The largest absolute Gasteiger partial charge is 0.480 e. The highest BCUT2D eigenvalue weighted by Gasteiger charge is 2.32. The van der Waals surface area contributed by atoms with Crippen molar-refractivity contribution >= 4 is 40.5 Å². The molecule has 1 aromatic carbocycles. The number of aromatic nitrogens is 1. The normalized spacial score (nSPS) is 15.1. The number of fused-ring (bicyclic) bond motifs is 1. The number of aliphatic hydroxyl groups excluding tert-OH is 1. The number of rotatable bonds is 15. The van der Waals surface area contributed by atoms with E-state index in [4.69, 9.17) is 11.5 Å². The number of carbonyl (C=O) groups excluding carboxylic acids is 4. The maximum Gasteiger partial charge on any atom is 0.326 e. The number of H-pyrrole nitrogens is 1. The van der Waals surface area contributed by atoms with Crippen molar-refractivity contribution in [1.29, 1.82) is 0 Å². The van der Waals surface area contributed by atoms with Gasteiger partial charge in [-0.3, -0.25) is 19.2 Å². The molecular weight excluding hydrogens is 508 g/mol. The summed E-state index contributed by atoms with van der Waals surface area (Å²) in [5.41, 5.74) is 12.5. The highest BCUT2D eigenvalue weighted by Crippen LogP contribution is 2.19. The van der Waals surface area contributed by atoms with E-state index < -0.39 is 59.9 Å². The molecule has 1 aromatic heterocycles. The number of carboxylic acid groups (broad SMARTS) is 1. The number of nitrogens with two attached hydrogens (primary N) is 2. The molecule has 4 amide bonds. The Hall–Kier alpha value is -3.97. The molecule has 0 bridgehead atoms. The number of aliphatic hydroxyl groups is 1. The number of hydrogen-bond donors (Lipinski definition) is 8. The summed E-state index contributed by atoms with van der Waals surface area (Å²) in [6.07, 6.45) is 0.197.